The molecule has 1 N–H and O–H groups in total. The average Bonchev–Trinajstić information content (AvgIpc) is 2.47. The summed E-state index contributed by atoms with van der Waals surface area (Å²) < 4.78 is 33.3. The van der Waals surface area contributed by atoms with Crippen LogP contribution >= 0.6 is 0 Å². The van der Waals surface area contributed by atoms with E-state index < -0.39 is 11.6 Å². The Morgan fingerprint density at radius 2 is 1.86 bits per heavy atom. The van der Waals surface area contributed by atoms with Gasteiger partial charge in [0.15, 0.2) is 11.6 Å². The zero-order chi connectivity index (χ0) is 15.4. The molecule has 0 atom stereocenters. The second-order valence-corrected chi connectivity index (χ2v) is 5.17. The van der Waals surface area contributed by atoms with Crippen molar-refractivity contribution in [1.29, 1.82) is 0 Å². The van der Waals surface area contributed by atoms with Gasteiger partial charge < -0.3 is 10.1 Å². The van der Waals surface area contributed by atoms with E-state index in [4.69, 9.17) is 4.74 Å². The molecule has 2 rings (SSSR count). The fraction of sp³-hybridized carbons (Fsp3) is 0.294. The lowest BCUT2D eigenvalue weighted by atomic mass is 10.0. The highest BCUT2D eigenvalue weighted by Crippen LogP contribution is 2.31. The van der Waals surface area contributed by atoms with Crippen molar-refractivity contribution in [1.82, 2.24) is 5.32 Å². The number of methoxy groups -OCH3 is 1. The molecule has 4 heteroatoms. The van der Waals surface area contributed by atoms with Gasteiger partial charge in [-0.2, -0.15) is 0 Å². The highest BCUT2D eigenvalue weighted by molar-refractivity contribution is 5.67. The quantitative estimate of drug-likeness (QED) is 0.894. The van der Waals surface area contributed by atoms with Crippen molar-refractivity contribution < 1.29 is 13.5 Å². The van der Waals surface area contributed by atoms with Gasteiger partial charge in [-0.05, 0) is 23.8 Å². The molecule has 0 radical (unpaired) electrons. The molecule has 0 unspecified atom stereocenters. The largest absolute Gasteiger partial charge is 0.494 e. The summed E-state index contributed by atoms with van der Waals surface area (Å²) in [5.41, 5.74) is 1.36. The molecule has 112 valence electrons. The van der Waals surface area contributed by atoms with Crippen molar-refractivity contribution in [3.63, 3.8) is 0 Å². The van der Waals surface area contributed by atoms with Crippen LogP contribution in [0.4, 0.5) is 8.78 Å². The van der Waals surface area contributed by atoms with Crippen LogP contribution in [0.1, 0.15) is 19.4 Å². The zero-order valence-corrected chi connectivity index (χ0v) is 12.4. The first kappa shape index (κ1) is 15.4. The second kappa shape index (κ2) is 6.68. The van der Waals surface area contributed by atoms with Crippen LogP contribution in [0.15, 0.2) is 36.4 Å². The van der Waals surface area contributed by atoms with Crippen molar-refractivity contribution in [3.8, 4) is 16.9 Å². The molecule has 0 amide bonds. The van der Waals surface area contributed by atoms with Crippen LogP contribution in [0, 0.1) is 11.6 Å². The van der Waals surface area contributed by atoms with E-state index in [-0.39, 0.29) is 16.9 Å². The molecule has 0 aliphatic carbocycles. The summed E-state index contributed by atoms with van der Waals surface area (Å²) in [6.07, 6.45) is 0. The third kappa shape index (κ3) is 3.58. The summed E-state index contributed by atoms with van der Waals surface area (Å²) in [7, 11) is 1.39. The van der Waals surface area contributed by atoms with E-state index >= 15 is 0 Å². The lowest BCUT2D eigenvalue weighted by Gasteiger charge is -2.12. The molecule has 0 saturated heterocycles. The standard InChI is InChI=1S/C17H19F2NO/c1-11(2)20-10-12-7-8-15(18)14(9-12)13-5-4-6-16(21-3)17(13)19/h4-9,11,20H,10H2,1-3H3. The summed E-state index contributed by atoms with van der Waals surface area (Å²) in [5, 5.41) is 3.26. The topological polar surface area (TPSA) is 21.3 Å². The smallest absolute Gasteiger partial charge is 0.172 e. The van der Waals surface area contributed by atoms with Gasteiger partial charge in [-0.25, -0.2) is 8.78 Å². The SMILES string of the molecule is COc1cccc(-c2cc(CNC(C)C)ccc2F)c1F. The van der Waals surface area contributed by atoms with Crippen molar-refractivity contribution in [3.05, 3.63) is 53.6 Å². The normalized spacial score (nSPS) is 11.0. The lowest BCUT2D eigenvalue weighted by Crippen LogP contribution is -2.21. The van der Waals surface area contributed by atoms with Crippen molar-refractivity contribution in [2.24, 2.45) is 0 Å². The molecule has 0 fully saturated rings. The molecule has 21 heavy (non-hydrogen) atoms. The Morgan fingerprint density at radius 3 is 2.52 bits per heavy atom. The van der Waals surface area contributed by atoms with Gasteiger partial charge in [0.25, 0.3) is 0 Å². The number of benzene rings is 2. The van der Waals surface area contributed by atoms with Gasteiger partial charge >= 0.3 is 0 Å². The average molecular weight is 291 g/mol. The van der Waals surface area contributed by atoms with Crippen LogP contribution in [0.25, 0.3) is 11.1 Å². The number of hydrogen-bond acceptors (Lipinski definition) is 2. The Hall–Kier alpha value is -1.94. The molecular weight excluding hydrogens is 272 g/mol. The first-order chi connectivity index (χ1) is 10.0. The van der Waals surface area contributed by atoms with Gasteiger partial charge in [0.05, 0.1) is 7.11 Å². The molecule has 0 bridgehead atoms. The molecule has 2 aromatic carbocycles. The van der Waals surface area contributed by atoms with Crippen LogP contribution in [-0.2, 0) is 6.54 Å². The molecule has 2 nitrogen and oxygen atoms in total. The highest BCUT2D eigenvalue weighted by atomic mass is 19.1. The van der Waals surface area contributed by atoms with Gasteiger partial charge in [-0.15, -0.1) is 0 Å². The monoisotopic (exact) mass is 291 g/mol. The Labute approximate surface area is 123 Å². The molecule has 0 aliphatic rings. The molecule has 2 aromatic rings. The fourth-order valence-corrected chi connectivity index (χ4v) is 2.09. The number of halogens is 2. The minimum atomic E-state index is -0.548. The number of hydrogen-bond donors (Lipinski definition) is 1. The zero-order valence-electron chi connectivity index (χ0n) is 12.4. The van der Waals surface area contributed by atoms with Crippen molar-refractivity contribution in [2.45, 2.75) is 26.4 Å². The number of rotatable bonds is 5. The lowest BCUT2D eigenvalue weighted by molar-refractivity contribution is 0.387. The molecule has 0 heterocycles. The molecule has 0 aliphatic heterocycles. The Balaban J connectivity index is 2.41. The van der Waals surface area contributed by atoms with Crippen molar-refractivity contribution in [2.75, 3.05) is 7.11 Å². The van der Waals surface area contributed by atoms with Crippen LogP contribution in [0.2, 0.25) is 0 Å². The van der Waals surface area contributed by atoms with E-state index in [1.54, 1.807) is 24.3 Å². The summed E-state index contributed by atoms with van der Waals surface area (Å²) in [6, 6.07) is 9.78. The molecule has 0 aromatic heterocycles. The van der Waals surface area contributed by atoms with Gasteiger partial charge in [0.2, 0.25) is 0 Å². The van der Waals surface area contributed by atoms with Crippen molar-refractivity contribution >= 4 is 0 Å². The maximum Gasteiger partial charge on any atom is 0.172 e. The Bertz CT molecular complexity index is 626. The van der Waals surface area contributed by atoms with E-state index in [1.165, 1.54) is 19.2 Å². The van der Waals surface area contributed by atoms with Gasteiger partial charge in [-0.3, -0.25) is 0 Å². The third-order valence-electron chi connectivity index (χ3n) is 3.22. The summed E-state index contributed by atoms with van der Waals surface area (Å²) in [4.78, 5) is 0. The minimum absolute atomic E-state index is 0.109. The third-order valence-corrected chi connectivity index (χ3v) is 3.22. The predicted octanol–water partition coefficient (Wildman–Crippen LogP) is 4.14. The first-order valence-corrected chi connectivity index (χ1v) is 6.87. The van der Waals surface area contributed by atoms with Crippen LogP contribution < -0.4 is 10.1 Å². The maximum absolute atomic E-state index is 14.3. The minimum Gasteiger partial charge on any atom is -0.494 e. The number of ether oxygens (including phenoxy) is 1. The number of nitrogens with one attached hydrogen (secondary N) is 1. The van der Waals surface area contributed by atoms with Gasteiger partial charge in [0.1, 0.15) is 5.82 Å². The van der Waals surface area contributed by atoms with Crippen LogP contribution in [-0.4, -0.2) is 13.2 Å². The molecular formula is C17H19F2NO. The van der Waals surface area contributed by atoms with Gasteiger partial charge in [-0.1, -0.05) is 32.0 Å². The summed E-state index contributed by atoms with van der Waals surface area (Å²) in [5.74, 6) is -0.888. The van der Waals surface area contributed by atoms with Gasteiger partial charge in [0, 0.05) is 23.7 Å². The summed E-state index contributed by atoms with van der Waals surface area (Å²) >= 11 is 0. The fourth-order valence-electron chi connectivity index (χ4n) is 2.09. The maximum atomic E-state index is 14.3. The Kier molecular flexibility index (Phi) is 4.91. The predicted molar refractivity (Wildman–Crippen MR) is 80.3 cm³/mol. The van der Waals surface area contributed by atoms with E-state index in [1.807, 2.05) is 13.8 Å². The summed E-state index contributed by atoms with van der Waals surface area (Å²) in [6.45, 7) is 4.68. The van der Waals surface area contributed by atoms with E-state index in [0.29, 0.717) is 12.6 Å². The second-order valence-electron chi connectivity index (χ2n) is 5.17. The molecule has 0 saturated carbocycles. The van der Waals surface area contributed by atoms with E-state index in [9.17, 15) is 8.78 Å². The van der Waals surface area contributed by atoms with E-state index in [2.05, 4.69) is 5.32 Å². The highest BCUT2D eigenvalue weighted by Gasteiger charge is 2.14. The first-order valence-electron chi connectivity index (χ1n) is 6.87. The Morgan fingerprint density at radius 1 is 1.10 bits per heavy atom. The van der Waals surface area contributed by atoms with Crippen LogP contribution in [0.3, 0.4) is 0 Å². The molecule has 0 spiro atoms. The van der Waals surface area contributed by atoms with Crippen LogP contribution in [0.5, 0.6) is 5.75 Å². The van der Waals surface area contributed by atoms with E-state index in [0.717, 1.165) is 5.56 Å².